The molecule has 5 rings (SSSR count). The van der Waals surface area contributed by atoms with Crippen LogP contribution in [0.4, 0.5) is 0 Å². The Morgan fingerprint density at radius 1 is 0.872 bits per heavy atom. The Bertz CT molecular complexity index is 1690. The van der Waals surface area contributed by atoms with Crippen molar-refractivity contribution in [3.8, 4) is 11.5 Å². The number of hydrogen-bond donors (Lipinski definition) is 2. The molecule has 2 aromatic heterocycles. The standard InChI is InChI=1S/C30H30N4O4S/c1-30(2,38-19-21-12-8-5-9-13-21)28-31-25-26(32-28)34(29(39)33-27(25)35)17-22-14-15-23(36-3)24(16-22)37-18-20-10-6-4-7-11-20/h4-16H,17-19H2,1-3H3,(H,31,32)(H,33,35,39). The minimum atomic E-state index is -0.778. The second kappa shape index (κ2) is 11.3. The SMILES string of the molecule is COc1ccc(Cn2c(=S)[nH]c(=O)c3[nH]c(C(C)(C)OCc4ccccc4)nc32)cc1OCc1ccccc1. The van der Waals surface area contributed by atoms with E-state index in [1.807, 2.05) is 92.7 Å². The summed E-state index contributed by atoms with van der Waals surface area (Å²) >= 11 is 5.55. The first-order valence-electron chi connectivity index (χ1n) is 12.6. The van der Waals surface area contributed by atoms with Crippen molar-refractivity contribution in [3.05, 3.63) is 117 Å². The van der Waals surface area contributed by atoms with Gasteiger partial charge in [-0.25, -0.2) is 4.98 Å². The molecule has 200 valence electrons. The highest BCUT2D eigenvalue weighted by Crippen LogP contribution is 2.30. The third kappa shape index (κ3) is 5.94. The summed E-state index contributed by atoms with van der Waals surface area (Å²) in [6, 6.07) is 25.6. The van der Waals surface area contributed by atoms with E-state index in [1.54, 1.807) is 11.7 Å². The summed E-state index contributed by atoms with van der Waals surface area (Å²) in [7, 11) is 1.61. The number of imidazole rings is 1. The normalized spacial score (nSPS) is 11.6. The zero-order valence-electron chi connectivity index (χ0n) is 22.1. The van der Waals surface area contributed by atoms with Crippen molar-refractivity contribution in [2.24, 2.45) is 0 Å². The Morgan fingerprint density at radius 2 is 1.54 bits per heavy atom. The molecule has 0 unspecified atom stereocenters. The minimum absolute atomic E-state index is 0.274. The fraction of sp³-hybridized carbons (Fsp3) is 0.233. The first kappa shape index (κ1) is 26.4. The highest BCUT2D eigenvalue weighted by molar-refractivity contribution is 7.71. The minimum Gasteiger partial charge on any atom is -0.493 e. The van der Waals surface area contributed by atoms with Crippen LogP contribution in [-0.2, 0) is 30.1 Å². The topological polar surface area (TPSA) is 94.2 Å². The van der Waals surface area contributed by atoms with Crippen molar-refractivity contribution in [3.63, 3.8) is 0 Å². The number of hydrogen-bond acceptors (Lipinski definition) is 6. The Balaban J connectivity index is 1.44. The van der Waals surface area contributed by atoms with Gasteiger partial charge in [0.05, 0.1) is 20.3 Å². The summed E-state index contributed by atoms with van der Waals surface area (Å²) in [5.74, 6) is 1.78. The van der Waals surface area contributed by atoms with E-state index < -0.39 is 5.60 Å². The van der Waals surface area contributed by atoms with E-state index in [0.717, 1.165) is 16.7 Å². The maximum absolute atomic E-state index is 12.8. The molecule has 39 heavy (non-hydrogen) atoms. The molecule has 3 aromatic carbocycles. The lowest BCUT2D eigenvalue weighted by atomic mass is 10.1. The van der Waals surface area contributed by atoms with E-state index in [4.69, 9.17) is 31.4 Å². The molecule has 0 fully saturated rings. The average molecular weight is 543 g/mol. The van der Waals surface area contributed by atoms with Crippen molar-refractivity contribution in [2.75, 3.05) is 7.11 Å². The number of benzene rings is 3. The first-order valence-corrected chi connectivity index (χ1v) is 13.0. The molecular formula is C30H30N4O4S. The lowest BCUT2D eigenvalue weighted by molar-refractivity contribution is -0.0393. The average Bonchev–Trinajstić information content (AvgIpc) is 3.42. The van der Waals surface area contributed by atoms with Crippen LogP contribution in [-0.4, -0.2) is 26.6 Å². The highest BCUT2D eigenvalue weighted by atomic mass is 32.1. The van der Waals surface area contributed by atoms with Gasteiger partial charge in [0.1, 0.15) is 23.5 Å². The summed E-state index contributed by atoms with van der Waals surface area (Å²) in [6.45, 7) is 5.02. The number of methoxy groups -OCH3 is 1. The monoisotopic (exact) mass is 542 g/mol. The number of H-pyrrole nitrogens is 2. The van der Waals surface area contributed by atoms with E-state index in [9.17, 15) is 4.79 Å². The molecule has 0 bridgehead atoms. The van der Waals surface area contributed by atoms with Gasteiger partial charge in [0.2, 0.25) is 0 Å². The van der Waals surface area contributed by atoms with Crippen molar-refractivity contribution in [1.29, 1.82) is 0 Å². The molecule has 2 N–H and O–H groups in total. The van der Waals surface area contributed by atoms with E-state index in [2.05, 4.69) is 9.97 Å². The summed E-state index contributed by atoms with van der Waals surface area (Å²) in [6.07, 6.45) is 0. The van der Waals surface area contributed by atoms with Gasteiger partial charge < -0.3 is 19.2 Å². The Labute approximate surface area is 231 Å². The fourth-order valence-corrected chi connectivity index (χ4v) is 4.47. The molecule has 0 aliphatic carbocycles. The molecule has 9 heteroatoms. The molecular weight excluding hydrogens is 512 g/mol. The third-order valence-electron chi connectivity index (χ3n) is 6.45. The number of aromatic nitrogens is 4. The Hall–Kier alpha value is -4.21. The van der Waals surface area contributed by atoms with Gasteiger partial charge >= 0.3 is 0 Å². The number of ether oxygens (including phenoxy) is 3. The molecule has 0 saturated carbocycles. The molecule has 8 nitrogen and oxygen atoms in total. The number of rotatable bonds is 10. The fourth-order valence-electron chi connectivity index (χ4n) is 4.23. The van der Waals surface area contributed by atoms with Crippen LogP contribution in [0.3, 0.4) is 0 Å². The van der Waals surface area contributed by atoms with Gasteiger partial charge in [0.25, 0.3) is 5.56 Å². The largest absolute Gasteiger partial charge is 0.493 e. The van der Waals surface area contributed by atoms with E-state index in [0.29, 0.717) is 48.2 Å². The molecule has 0 aliphatic rings. The maximum atomic E-state index is 12.8. The Morgan fingerprint density at radius 3 is 2.21 bits per heavy atom. The van der Waals surface area contributed by atoms with Gasteiger partial charge in [-0.05, 0) is 54.9 Å². The van der Waals surface area contributed by atoms with Crippen LogP contribution in [0.5, 0.6) is 11.5 Å². The van der Waals surface area contributed by atoms with Crippen molar-refractivity contribution in [2.45, 2.75) is 39.2 Å². The molecule has 0 spiro atoms. The summed E-state index contributed by atoms with van der Waals surface area (Å²) in [5, 5.41) is 0. The third-order valence-corrected chi connectivity index (χ3v) is 6.77. The van der Waals surface area contributed by atoms with E-state index >= 15 is 0 Å². The van der Waals surface area contributed by atoms with Crippen LogP contribution < -0.4 is 15.0 Å². The van der Waals surface area contributed by atoms with Gasteiger partial charge in [-0.1, -0.05) is 66.7 Å². The summed E-state index contributed by atoms with van der Waals surface area (Å²) < 4.78 is 19.9. The van der Waals surface area contributed by atoms with Crippen molar-refractivity contribution in [1.82, 2.24) is 19.5 Å². The van der Waals surface area contributed by atoms with Gasteiger partial charge in [-0.2, -0.15) is 0 Å². The number of nitrogens with zero attached hydrogens (tertiary/aromatic N) is 2. The second-order valence-electron chi connectivity index (χ2n) is 9.67. The number of fused-ring (bicyclic) bond motifs is 1. The molecule has 0 atom stereocenters. The predicted octanol–water partition coefficient (Wildman–Crippen LogP) is 5.87. The van der Waals surface area contributed by atoms with E-state index in [1.165, 1.54) is 0 Å². The molecule has 2 heterocycles. The quantitative estimate of drug-likeness (QED) is 0.214. The highest BCUT2D eigenvalue weighted by Gasteiger charge is 2.27. The van der Waals surface area contributed by atoms with E-state index in [-0.39, 0.29) is 10.3 Å². The maximum Gasteiger partial charge on any atom is 0.277 e. The van der Waals surface area contributed by atoms with Gasteiger partial charge in [-0.15, -0.1) is 0 Å². The van der Waals surface area contributed by atoms with Crippen LogP contribution in [0, 0.1) is 4.77 Å². The van der Waals surface area contributed by atoms with Gasteiger partial charge in [-0.3, -0.25) is 14.3 Å². The smallest absolute Gasteiger partial charge is 0.277 e. The second-order valence-corrected chi connectivity index (χ2v) is 10.1. The summed E-state index contributed by atoms with van der Waals surface area (Å²) in [5.41, 5.74) is 2.70. The zero-order chi connectivity index (χ0) is 27.4. The number of nitrogens with one attached hydrogen (secondary N) is 2. The zero-order valence-corrected chi connectivity index (χ0v) is 22.9. The predicted molar refractivity (Wildman–Crippen MR) is 153 cm³/mol. The van der Waals surface area contributed by atoms with Crippen molar-refractivity contribution < 1.29 is 14.2 Å². The van der Waals surface area contributed by atoms with Crippen LogP contribution in [0.2, 0.25) is 0 Å². The van der Waals surface area contributed by atoms with Gasteiger partial charge in [0.15, 0.2) is 21.9 Å². The first-order chi connectivity index (χ1) is 18.8. The molecule has 0 amide bonds. The van der Waals surface area contributed by atoms with Crippen LogP contribution in [0.15, 0.2) is 83.7 Å². The van der Waals surface area contributed by atoms with Crippen molar-refractivity contribution >= 4 is 23.4 Å². The Kier molecular flexibility index (Phi) is 7.63. The number of aromatic amines is 2. The van der Waals surface area contributed by atoms with Crippen LogP contribution in [0.25, 0.3) is 11.2 Å². The van der Waals surface area contributed by atoms with Crippen LogP contribution in [0.1, 0.15) is 36.4 Å². The lowest BCUT2D eigenvalue weighted by Crippen LogP contribution is -2.23. The molecule has 5 aromatic rings. The lowest BCUT2D eigenvalue weighted by Gasteiger charge is -2.23. The molecule has 0 aliphatic heterocycles. The molecule has 0 saturated heterocycles. The molecule has 0 radical (unpaired) electrons. The van der Waals surface area contributed by atoms with Crippen LogP contribution >= 0.6 is 12.2 Å². The summed E-state index contributed by atoms with van der Waals surface area (Å²) in [4.78, 5) is 23.5. The van der Waals surface area contributed by atoms with Gasteiger partial charge in [0, 0.05) is 0 Å².